The van der Waals surface area contributed by atoms with E-state index in [-0.39, 0.29) is 17.9 Å². The van der Waals surface area contributed by atoms with E-state index in [1.165, 1.54) is 0 Å². The second-order valence-corrected chi connectivity index (χ2v) is 7.85. The fourth-order valence-corrected chi connectivity index (χ4v) is 3.48. The Bertz CT molecular complexity index is 853. The van der Waals surface area contributed by atoms with Crippen LogP contribution in [0.25, 0.3) is 0 Å². The summed E-state index contributed by atoms with van der Waals surface area (Å²) in [5.74, 6) is 1.41. The van der Waals surface area contributed by atoms with E-state index < -0.39 is 6.10 Å². The van der Waals surface area contributed by atoms with Gasteiger partial charge in [0.1, 0.15) is 11.5 Å². The number of carbonyl (C=O) groups is 2. The summed E-state index contributed by atoms with van der Waals surface area (Å²) in [6.45, 7) is 8.86. The second kappa shape index (κ2) is 9.11. The van der Waals surface area contributed by atoms with Crippen LogP contribution in [0.15, 0.2) is 34.9 Å². The molecule has 1 aliphatic rings. The summed E-state index contributed by atoms with van der Waals surface area (Å²) in [4.78, 5) is 26.8. The molecule has 29 heavy (non-hydrogen) atoms. The van der Waals surface area contributed by atoms with Crippen molar-refractivity contribution in [3.8, 4) is 5.75 Å². The number of amides is 2. The molecule has 1 unspecified atom stereocenters. The number of nitrogens with one attached hydrogen (secondary N) is 1. The molecule has 2 aromatic rings. The summed E-state index contributed by atoms with van der Waals surface area (Å²) >= 11 is 0. The minimum absolute atomic E-state index is 0.0250. The van der Waals surface area contributed by atoms with Gasteiger partial charge in [-0.25, -0.2) is 0 Å². The molecule has 2 heterocycles. The molecule has 1 fully saturated rings. The highest BCUT2D eigenvalue weighted by atomic mass is 16.5. The van der Waals surface area contributed by atoms with Gasteiger partial charge < -0.3 is 19.5 Å². The zero-order chi connectivity index (χ0) is 21.0. The van der Waals surface area contributed by atoms with Crippen LogP contribution < -0.4 is 10.1 Å². The van der Waals surface area contributed by atoms with E-state index in [1.54, 1.807) is 24.8 Å². The number of hydrogen-bond acceptors (Lipinski definition) is 5. The predicted octanol–water partition coefficient (Wildman–Crippen LogP) is 3.29. The van der Waals surface area contributed by atoms with Gasteiger partial charge in [-0.05, 0) is 44.2 Å². The summed E-state index contributed by atoms with van der Waals surface area (Å²) in [6, 6.07) is 9.47. The van der Waals surface area contributed by atoms with Crippen molar-refractivity contribution in [2.45, 2.75) is 58.6 Å². The normalized spacial score (nSPS) is 16.0. The lowest BCUT2D eigenvalue weighted by molar-refractivity contribution is -0.128. The van der Waals surface area contributed by atoms with Crippen molar-refractivity contribution in [3.05, 3.63) is 47.3 Å². The second-order valence-electron chi connectivity index (χ2n) is 7.85. The van der Waals surface area contributed by atoms with Crippen LogP contribution >= 0.6 is 0 Å². The molecule has 0 aliphatic carbocycles. The number of piperidine rings is 1. The van der Waals surface area contributed by atoms with Gasteiger partial charge in [0.2, 0.25) is 0 Å². The third-order valence-electron chi connectivity index (χ3n) is 5.19. The largest absolute Gasteiger partial charge is 0.481 e. The third kappa shape index (κ3) is 5.16. The van der Waals surface area contributed by atoms with E-state index in [4.69, 9.17) is 9.26 Å². The van der Waals surface area contributed by atoms with Crippen LogP contribution in [0.2, 0.25) is 0 Å². The molecule has 1 aliphatic heterocycles. The SMILES string of the molecule is Cc1cc(C(=O)N2CCC(NC(=O)C(C)Oc3ccccc3C(C)C)CC2)no1. The first-order valence-electron chi connectivity index (χ1n) is 10.1. The van der Waals surface area contributed by atoms with Gasteiger partial charge in [0.15, 0.2) is 11.8 Å². The Labute approximate surface area is 171 Å². The summed E-state index contributed by atoms with van der Waals surface area (Å²) in [5.41, 5.74) is 1.41. The first-order chi connectivity index (χ1) is 13.8. The minimum atomic E-state index is -0.590. The molecule has 0 saturated carbocycles. The van der Waals surface area contributed by atoms with Gasteiger partial charge in [-0.3, -0.25) is 9.59 Å². The van der Waals surface area contributed by atoms with Crippen molar-refractivity contribution < 1.29 is 18.8 Å². The van der Waals surface area contributed by atoms with Crippen LogP contribution in [0.3, 0.4) is 0 Å². The number of likely N-dealkylation sites (tertiary alicyclic amines) is 1. The molecule has 7 heteroatoms. The van der Waals surface area contributed by atoms with Crippen LogP contribution in [0.5, 0.6) is 5.75 Å². The van der Waals surface area contributed by atoms with Crippen molar-refractivity contribution >= 4 is 11.8 Å². The van der Waals surface area contributed by atoms with Crippen molar-refractivity contribution in [2.24, 2.45) is 0 Å². The number of nitrogens with zero attached hydrogens (tertiary/aromatic N) is 2. The van der Waals surface area contributed by atoms with Crippen LogP contribution in [-0.2, 0) is 4.79 Å². The van der Waals surface area contributed by atoms with Crippen molar-refractivity contribution in [3.63, 3.8) is 0 Å². The number of rotatable bonds is 6. The van der Waals surface area contributed by atoms with E-state index in [9.17, 15) is 9.59 Å². The zero-order valence-corrected chi connectivity index (χ0v) is 17.5. The molecule has 3 rings (SSSR count). The van der Waals surface area contributed by atoms with E-state index >= 15 is 0 Å². The Kier molecular flexibility index (Phi) is 6.56. The van der Waals surface area contributed by atoms with Gasteiger partial charge in [-0.2, -0.15) is 0 Å². The number of benzene rings is 1. The third-order valence-corrected chi connectivity index (χ3v) is 5.19. The average Bonchev–Trinajstić information content (AvgIpc) is 3.14. The molecular formula is C22H29N3O4. The van der Waals surface area contributed by atoms with E-state index in [0.717, 1.165) is 11.3 Å². The number of para-hydroxylation sites is 1. The van der Waals surface area contributed by atoms with E-state index in [0.29, 0.717) is 43.3 Å². The van der Waals surface area contributed by atoms with Crippen LogP contribution in [0, 0.1) is 6.92 Å². The van der Waals surface area contributed by atoms with Crippen molar-refractivity contribution in [2.75, 3.05) is 13.1 Å². The van der Waals surface area contributed by atoms with Crippen LogP contribution in [0.4, 0.5) is 0 Å². The molecule has 7 nitrogen and oxygen atoms in total. The molecule has 0 spiro atoms. The topological polar surface area (TPSA) is 84.7 Å². The Morgan fingerprint density at radius 2 is 1.90 bits per heavy atom. The summed E-state index contributed by atoms with van der Waals surface area (Å²) < 4.78 is 10.9. The Hall–Kier alpha value is -2.83. The highest BCUT2D eigenvalue weighted by Crippen LogP contribution is 2.26. The number of aryl methyl sites for hydroxylation is 1. The number of aromatic nitrogens is 1. The maximum atomic E-state index is 12.6. The Morgan fingerprint density at radius 3 is 2.52 bits per heavy atom. The standard InChI is InChI=1S/C22H29N3O4/c1-14(2)18-7-5-6-8-20(18)28-16(4)21(26)23-17-9-11-25(12-10-17)22(27)19-13-15(3)29-24-19/h5-8,13-14,16-17H,9-12H2,1-4H3,(H,23,26). The molecule has 1 atom stereocenters. The minimum Gasteiger partial charge on any atom is -0.481 e. The monoisotopic (exact) mass is 399 g/mol. The maximum Gasteiger partial charge on any atom is 0.276 e. The lowest BCUT2D eigenvalue weighted by Gasteiger charge is -2.32. The van der Waals surface area contributed by atoms with Gasteiger partial charge in [0.25, 0.3) is 11.8 Å². The number of carbonyl (C=O) groups excluding carboxylic acids is 2. The average molecular weight is 399 g/mol. The van der Waals surface area contributed by atoms with Crippen molar-refractivity contribution in [1.82, 2.24) is 15.4 Å². The molecule has 1 N–H and O–H groups in total. The smallest absolute Gasteiger partial charge is 0.276 e. The van der Waals surface area contributed by atoms with E-state index in [2.05, 4.69) is 24.3 Å². The summed E-state index contributed by atoms with van der Waals surface area (Å²) in [5, 5.41) is 6.84. The van der Waals surface area contributed by atoms with Gasteiger partial charge in [-0.15, -0.1) is 0 Å². The predicted molar refractivity (Wildman–Crippen MR) is 109 cm³/mol. The van der Waals surface area contributed by atoms with Gasteiger partial charge in [0.05, 0.1) is 0 Å². The zero-order valence-electron chi connectivity index (χ0n) is 17.5. The fraction of sp³-hybridized carbons (Fsp3) is 0.500. The molecule has 2 amide bonds. The molecular weight excluding hydrogens is 370 g/mol. The maximum absolute atomic E-state index is 12.6. The quantitative estimate of drug-likeness (QED) is 0.806. The first-order valence-corrected chi connectivity index (χ1v) is 10.1. The van der Waals surface area contributed by atoms with E-state index in [1.807, 2.05) is 24.3 Å². The molecule has 0 bridgehead atoms. The van der Waals surface area contributed by atoms with Crippen molar-refractivity contribution in [1.29, 1.82) is 0 Å². The van der Waals surface area contributed by atoms with Gasteiger partial charge in [-0.1, -0.05) is 37.2 Å². The Balaban J connectivity index is 1.50. The lowest BCUT2D eigenvalue weighted by atomic mass is 10.0. The first kappa shape index (κ1) is 20.9. The molecule has 1 aromatic heterocycles. The number of hydrogen-bond donors (Lipinski definition) is 1. The highest BCUT2D eigenvalue weighted by molar-refractivity contribution is 5.92. The highest BCUT2D eigenvalue weighted by Gasteiger charge is 2.27. The summed E-state index contributed by atoms with van der Waals surface area (Å²) in [6.07, 6.45) is 0.806. The molecule has 1 saturated heterocycles. The van der Waals surface area contributed by atoms with Crippen LogP contribution in [0.1, 0.15) is 61.3 Å². The fourth-order valence-electron chi connectivity index (χ4n) is 3.48. The number of ether oxygens (including phenoxy) is 1. The lowest BCUT2D eigenvalue weighted by Crippen LogP contribution is -2.49. The van der Waals surface area contributed by atoms with Crippen LogP contribution in [-0.4, -0.2) is 47.1 Å². The molecule has 1 aromatic carbocycles. The molecule has 0 radical (unpaired) electrons. The Morgan fingerprint density at radius 1 is 1.21 bits per heavy atom. The molecule has 156 valence electrons. The summed E-state index contributed by atoms with van der Waals surface area (Å²) in [7, 11) is 0. The van der Waals surface area contributed by atoms with Gasteiger partial charge >= 0.3 is 0 Å². The van der Waals surface area contributed by atoms with Gasteiger partial charge in [0, 0.05) is 25.2 Å².